The van der Waals surface area contributed by atoms with E-state index in [4.69, 9.17) is 21.1 Å². The van der Waals surface area contributed by atoms with Gasteiger partial charge in [-0.15, -0.1) is 0 Å². The van der Waals surface area contributed by atoms with Gasteiger partial charge in [0.05, 0.1) is 31.5 Å². The number of nitrogens with one attached hydrogen (secondary N) is 2. The molecular formula is C18H22ClN3O3. The van der Waals surface area contributed by atoms with Crippen LogP contribution in [-0.4, -0.2) is 40.8 Å². The highest BCUT2D eigenvalue weighted by atomic mass is 35.5. The third-order valence-electron chi connectivity index (χ3n) is 3.58. The zero-order valence-corrected chi connectivity index (χ0v) is 15.5. The zero-order valence-electron chi connectivity index (χ0n) is 14.7. The summed E-state index contributed by atoms with van der Waals surface area (Å²) < 4.78 is 10.5. The number of hydrogen-bond acceptors (Lipinski definition) is 5. The SMILES string of the molecule is COc1cc(NCC(=O)Nc2ccc(N(C)C)cc2)c(OC)cc1Cl. The van der Waals surface area contributed by atoms with Crippen molar-refractivity contribution in [2.24, 2.45) is 0 Å². The monoisotopic (exact) mass is 363 g/mol. The minimum atomic E-state index is -0.173. The number of benzene rings is 2. The van der Waals surface area contributed by atoms with Crippen molar-refractivity contribution in [2.75, 3.05) is 50.4 Å². The second kappa shape index (κ2) is 8.48. The maximum atomic E-state index is 12.1. The molecule has 25 heavy (non-hydrogen) atoms. The Morgan fingerprint density at radius 2 is 1.72 bits per heavy atom. The van der Waals surface area contributed by atoms with Crippen LogP contribution >= 0.6 is 11.6 Å². The number of halogens is 1. The van der Waals surface area contributed by atoms with E-state index in [0.717, 1.165) is 11.4 Å². The van der Waals surface area contributed by atoms with E-state index in [9.17, 15) is 4.79 Å². The average molecular weight is 364 g/mol. The molecule has 134 valence electrons. The number of methoxy groups -OCH3 is 2. The van der Waals surface area contributed by atoms with Crippen molar-refractivity contribution in [1.29, 1.82) is 0 Å². The molecule has 0 unspecified atom stereocenters. The molecular weight excluding hydrogens is 342 g/mol. The summed E-state index contributed by atoms with van der Waals surface area (Å²) in [7, 11) is 6.99. The highest BCUT2D eigenvalue weighted by molar-refractivity contribution is 6.32. The Kier molecular flexibility index (Phi) is 6.36. The smallest absolute Gasteiger partial charge is 0.243 e. The lowest BCUT2D eigenvalue weighted by molar-refractivity contribution is -0.114. The van der Waals surface area contributed by atoms with Gasteiger partial charge < -0.3 is 25.0 Å². The summed E-state index contributed by atoms with van der Waals surface area (Å²) in [5.74, 6) is 0.868. The van der Waals surface area contributed by atoms with Crippen LogP contribution < -0.4 is 25.0 Å². The maximum absolute atomic E-state index is 12.1. The number of carbonyl (C=O) groups is 1. The van der Waals surface area contributed by atoms with Crippen LogP contribution in [0.5, 0.6) is 11.5 Å². The Morgan fingerprint density at radius 3 is 2.28 bits per heavy atom. The molecule has 0 atom stereocenters. The van der Waals surface area contributed by atoms with Crippen molar-refractivity contribution in [3.05, 3.63) is 41.4 Å². The van der Waals surface area contributed by atoms with Gasteiger partial charge in [-0.2, -0.15) is 0 Å². The van der Waals surface area contributed by atoms with Crippen LogP contribution in [0.15, 0.2) is 36.4 Å². The zero-order chi connectivity index (χ0) is 18.4. The lowest BCUT2D eigenvalue weighted by Crippen LogP contribution is -2.22. The van der Waals surface area contributed by atoms with Crippen molar-refractivity contribution in [2.45, 2.75) is 0 Å². The Bertz CT molecular complexity index is 733. The summed E-state index contributed by atoms with van der Waals surface area (Å²) in [5.41, 5.74) is 2.43. The molecule has 0 radical (unpaired) electrons. The van der Waals surface area contributed by atoms with Crippen molar-refractivity contribution < 1.29 is 14.3 Å². The normalized spacial score (nSPS) is 10.1. The maximum Gasteiger partial charge on any atom is 0.243 e. The molecule has 2 rings (SSSR count). The van der Waals surface area contributed by atoms with Crippen LogP contribution in [0, 0.1) is 0 Å². The molecule has 0 bridgehead atoms. The molecule has 1 amide bonds. The first-order chi connectivity index (χ1) is 11.9. The number of anilines is 3. The molecule has 2 N–H and O–H groups in total. The van der Waals surface area contributed by atoms with E-state index >= 15 is 0 Å². The van der Waals surface area contributed by atoms with Gasteiger partial charge in [-0.05, 0) is 24.3 Å². The van der Waals surface area contributed by atoms with Crippen LogP contribution in [-0.2, 0) is 4.79 Å². The van der Waals surface area contributed by atoms with Crippen LogP contribution in [0.4, 0.5) is 17.1 Å². The third-order valence-corrected chi connectivity index (χ3v) is 3.88. The van der Waals surface area contributed by atoms with Crippen LogP contribution in [0.25, 0.3) is 0 Å². The number of amides is 1. The largest absolute Gasteiger partial charge is 0.495 e. The van der Waals surface area contributed by atoms with Gasteiger partial charge in [0.2, 0.25) is 5.91 Å². The molecule has 0 aliphatic carbocycles. The van der Waals surface area contributed by atoms with Gasteiger partial charge in [-0.1, -0.05) is 11.6 Å². The fourth-order valence-corrected chi connectivity index (χ4v) is 2.45. The van der Waals surface area contributed by atoms with E-state index in [1.54, 1.807) is 12.1 Å². The topological polar surface area (TPSA) is 62.8 Å². The van der Waals surface area contributed by atoms with Gasteiger partial charge in [-0.3, -0.25) is 4.79 Å². The number of nitrogens with zero attached hydrogens (tertiary/aromatic N) is 1. The first kappa shape index (κ1) is 18.7. The van der Waals surface area contributed by atoms with Crippen molar-refractivity contribution in [3.8, 4) is 11.5 Å². The molecule has 2 aromatic carbocycles. The molecule has 0 spiro atoms. The highest BCUT2D eigenvalue weighted by Crippen LogP contribution is 2.35. The Hall–Kier alpha value is -2.60. The second-order valence-electron chi connectivity index (χ2n) is 5.53. The van der Waals surface area contributed by atoms with E-state index in [1.807, 2.05) is 43.3 Å². The number of hydrogen-bond donors (Lipinski definition) is 2. The first-order valence-corrected chi connectivity index (χ1v) is 8.05. The summed E-state index contributed by atoms with van der Waals surface area (Å²) in [6.45, 7) is 0.0799. The molecule has 0 fully saturated rings. The number of rotatable bonds is 7. The standard InChI is InChI=1S/C18H22ClN3O3/c1-22(2)13-7-5-12(6-8-13)21-18(23)11-20-15-10-16(24-3)14(19)9-17(15)25-4/h5-10,20H,11H2,1-4H3,(H,21,23). The molecule has 0 saturated heterocycles. The minimum absolute atomic E-state index is 0.0799. The number of carbonyl (C=O) groups excluding carboxylic acids is 1. The fraction of sp³-hybridized carbons (Fsp3) is 0.278. The van der Waals surface area contributed by atoms with Gasteiger partial charge in [0.15, 0.2) is 0 Å². The lowest BCUT2D eigenvalue weighted by atomic mass is 10.2. The van der Waals surface area contributed by atoms with Crippen molar-refractivity contribution in [1.82, 2.24) is 0 Å². The third kappa shape index (κ3) is 4.93. The summed E-state index contributed by atoms with van der Waals surface area (Å²) >= 11 is 6.07. The van der Waals surface area contributed by atoms with Gasteiger partial charge in [-0.25, -0.2) is 0 Å². The molecule has 0 aromatic heterocycles. The Balaban J connectivity index is 2.00. The molecule has 7 heteroatoms. The van der Waals surface area contributed by atoms with Crippen LogP contribution in [0.1, 0.15) is 0 Å². The predicted molar refractivity (Wildman–Crippen MR) is 102 cm³/mol. The van der Waals surface area contributed by atoms with E-state index < -0.39 is 0 Å². The fourth-order valence-electron chi connectivity index (χ4n) is 2.22. The minimum Gasteiger partial charge on any atom is -0.495 e. The van der Waals surface area contributed by atoms with Crippen LogP contribution in [0.2, 0.25) is 5.02 Å². The highest BCUT2D eigenvalue weighted by Gasteiger charge is 2.11. The molecule has 0 saturated carbocycles. The summed E-state index contributed by atoms with van der Waals surface area (Å²) in [5, 5.41) is 6.31. The Morgan fingerprint density at radius 1 is 1.08 bits per heavy atom. The predicted octanol–water partition coefficient (Wildman–Crippen LogP) is 3.47. The summed E-state index contributed by atoms with van der Waals surface area (Å²) in [4.78, 5) is 14.1. The van der Waals surface area contributed by atoms with Crippen LogP contribution in [0.3, 0.4) is 0 Å². The number of ether oxygens (including phenoxy) is 2. The molecule has 0 aliphatic rings. The van der Waals surface area contributed by atoms with Gasteiger partial charge >= 0.3 is 0 Å². The van der Waals surface area contributed by atoms with E-state index in [1.165, 1.54) is 14.2 Å². The van der Waals surface area contributed by atoms with Gasteiger partial charge in [0.25, 0.3) is 0 Å². The quantitative estimate of drug-likeness (QED) is 0.788. The van der Waals surface area contributed by atoms with E-state index in [0.29, 0.717) is 22.2 Å². The summed E-state index contributed by atoms with van der Waals surface area (Å²) in [6.07, 6.45) is 0. The Labute approximate surface area is 152 Å². The second-order valence-corrected chi connectivity index (χ2v) is 5.94. The molecule has 0 heterocycles. The van der Waals surface area contributed by atoms with Gasteiger partial charge in [0, 0.05) is 37.6 Å². The van der Waals surface area contributed by atoms with Crippen molar-refractivity contribution in [3.63, 3.8) is 0 Å². The molecule has 0 aliphatic heterocycles. The molecule has 2 aromatic rings. The first-order valence-electron chi connectivity index (χ1n) is 7.67. The van der Waals surface area contributed by atoms with E-state index in [-0.39, 0.29) is 12.5 Å². The lowest BCUT2D eigenvalue weighted by Gasteiger charge is -2.15. The molecule has 6 nitrogen and oxygen atoms in total. The summed E-state index contributed by atoms with van der Waals surface area (Å²) in [6, 6.07) is 10.9. The van der Waals surface area contributed by atoms with E-state index in [2.05, 4.69) is 10.6 Å². The van der Waals surface area contributed by atoms with Gasteiger partial charge in [0.1, 0.15) is 11.5 Å². The van der Waals surface area contributed by atoms with Crippen molar-refractivity contribution >= 4 is 34.6 Å². The average Bonchev–Trinajstić information content (AvgIpc) is 2.60.